The molecule has 0 bridgehead atoms. The molecule has 0 radical (unpaired) electrons. The fraction of sp³-hybridized carbons (Fsp3) is 1.00. The largest absolute Gasteiger partial charge is 0.329 e. The maximum atomic E-state index is 6.17. The van der Waals surface area contributed by atoms with E-state index in [4.69, 9.17) is 5.73 Å². The second-order valence-corrected chi connectivity index (χ2v) is 6.91. The van der Waals surface area contributed by atoms with E-state index < -0.39 is 0 Å². The Labute approximate surface area is 105 Å². The Kier molecular flexibility index (Phi) is 4.73. The van der Waals surface area contributed by atoms with Crippen molar-refractivity contribution in [3.05, 3.63) is 0 Å². The van der Waals surface area contributed by atoms with Crippen LogP contribution in [0.3, 0.4) is 0 Å². The highest BCUT2D eigenvalue weighted by molar-refractivity contribution is 7.99. The van der Waals surface area contributed by atoms with Crippen molar-refractivity contribution >= 4 is 11.8 Å². The third kappa shape index (κ3) is 2.27. The van der Waals surface area contributed by atoms with E-state index in [0.717, 1.165) is 13.1 Å². The van der Waals surface area contributed by atoms with Gasteiger partial charge in [0.25, 0.3) is 0 Å². The first kappa shape index (κ1) is 14.3. The van der Waals surface area contributed by atoms with E-state index >= 15 is 0 Å². The number of likely N-dealkylation sites (N-methyl/N-ethyl adjacent to an activating group) is 1. The Morgan fingerprint density at radius 3 is 2.38 bits per heavy atom. The standard InChI is InChI=1S/C13H28N2S/c1-6-15(11(2)3)13(9-14)10-16-8-7-12(13,4)5/h11H,6-10,14H2,1-5H3. The summed E-state index contributed by atoms with van der Waals surface area (Å²) in [5.74, 6) is 2.47. The molecular formula is C13H28N2S. The van der Waals surface area contributed by atoms with Gasteiger partial charge in [0.15, 0.2) is 0 Å². The van der Waals surface area contributed by atoms with Crippen LogP contribution < -0.4 is 5.73 Å². The molecule has 0 aromatic rings. The maximum Gasteiger partial charge on any atom is 0.0475 e. The first-order chi connectivity index (χ1) is 7.41. The molecule has 1 aliphatic heterocycles. The van der Waals surface area contributed by atoms with Crippen LogP contribution in [-0.4, -0.2) is 41.1 Å². The monoisotopic (exact) mass is 244 g/mol. The lowest BCUT2D eigenvalue weighted by molar-refractivity contribution is -0.0157. The average molecular weight is 244 g/mol. The Morgan fingerprint density at radius 2 is 2.00 bits per heavy atom. The topological polar surface area (TPSA) is 29.3 Å². The van der Waals surface area contributed by atoms with E-state index in [0.29, 0.717) is 11.5 Å². The Bertz CT molecular complexity index is 228. The number of hydrogen-bond donors (Lipinski definition) is 1. The summed E-state index contributed by atoms with van der Waals surface area (Å²) < 4.78 is 0. The normalized spacial score (nSPS) is 30.0. The smallest absolute Gasteiger partial charge is 0.0475 e. The molecule has 1 unspecified atom stereocenters. The van der Waals surface area contributed by atoms with Gasteiger partial charge in [-0.05, 0) is 38.0 Å². The molecule has 1 atom stereocenters. The Balaban J connectivity index is 3.05. The van der Waals surface area contributed by atoms with Gasteiger partial charge in [0.1, 0.15) is 0 Å². The average Bonchev–Trinajstić information content (AvgIpc) is 2.20. The van der Waals surface area contributed by atoms with Gasteiger partial charge in [0.05, 0.1) is 0 Å². The minimum absolute atomic E-state index is 0.179. The van der Waals surface area contributed by atoms with Gasteiger partial charge in [-0.2, -0.15) is 11.8 Å². The summed E-state index contributed by atoms with van der Waals surface area (Å²) in [5.41, 5.74) is 6.68. The number of nitrogens with zero attached hydrogens (tertiary/aromatic N) is 1. The molecule has 2 N–H and O–H groups in total. The molecule has 2 nitrogen and oxygen atoms in total. The highest BCUT2D eigenvalue weighted by atomic mass is 32.2. The summed E-state index contributed by atoms with van der Waals surface area (Å²) in [5, 5.41) is 0. The summed E-state index contributed by atoms with van der Waals surface area (Å²) in [7, 11) is 0. The summed E-state index contributed by atoms with van der Waals surface area (Å²) in [6.07, 6.45) is 1.28. The zero-order valence-electron chi connectivity index (χ0n) is 11.5. The summed E-state index contributed by atoms with van der Waals surface area (Å²) in [6.45, 7) is 13.5. The first-order valence-corrected chi connectivity index (χ1v) is 7.61. The van der Waals surface area contributed by atoms with Crippen molar-refractivity contribution < 1.29 is 0 Å². The number of hydrogen-bond acceptors (Lipinski definition) is 3. The van der Waals surface area contributed by atoms with Gasteiger partial charge in [-0.1, -0.05) is 20.8 Å². The molecule has 0 saturated carbocycles. The van der Waals surface area contributed by atoms with E-state index in [1.165, 1.54) is 17.9 Å². The molecular weight excluding hydrogens is 216 g/mol. The van der Waals surface area contributed by atoms with Crippen molar-refractivity contribution in [1.29, 1.82) is 0 Å². The highest BCUT2D eigenvalue weighted by Gasteiger charge is 2.50. The molecule has 0 aromatic carbocycles. The minimum Gasteiger partial charge on any atom is -0.329 e. The van der Waals surface area contributed by atoms with Crippen LogP contribution in [0.2, 0.25) is 0 Å². The second kappa shape index (κ2) is 5.28. The highest BCUT2D eigenvalue weighted by Crippen LogP contribution is 2.46. The van der Waals surface area contributed by atoms with Crippen molar-refractivity contribution in [3.8, 4) is 0 Å². The third-order valence-electron chi connectivity index (χ3n) is 4.32. The van der Waals surface area contributed by atoms with Gasteiger partial charge in [0, 0.05) is 23.9 Å². The molecule has 16 heavy (non-hydrogen) atoms. The zero-order valence-corrected chi connectivity index (χ0v) is 12.4. The van der Waals surface area contributed by atoms with Gasteiger partial charge >= 0.3 is 0 Å². The third-order valence-corrected chi connectivity index (χ3v) is 5.50. The van der Waals surface area contributed by atoms with E-state index in [2.05, 4.69) is 51.3 Å². The molecule has 1 aliphatic rings. The van der Waals surface area contributed by atoms with Gasteiger partial charge in [-0.15, -0.1) is 0 Å². The van der Waals surface area contributed by atoms with E-state index in [-0.39, 0.29) is 5.54 Å². The van der Waals surface area contributed by atoms with Crippen molar-refractivity contribution in [2.75, 3.05) is 24.6 Å². The first-order valence-electron chi connectivity index (χ1n) is 6.46. The summed E-state index contributed by atoms with van der Waals surface area (Å²) >= 11 is 2.07. The Morgan fingerprint density at radius 1 is 1.38 bits per heavy atom. The van der Waals surface area contributed by atoms with Gasteiger partial charge < -0.3 is 5.73 Å². The Hall–Kier alpha value is 0.270. The zero-order chi connectivity index (χ0) is 12.4. The predicted octanol–water partition coefficient (Wildman–Crippen LogP) is 2.58. The molecule has 96 valence electrons. The van der Waals surface area contributed by atoms with Crippen LogP contribution in [0, 0.1) is 5.41 Å². The van der Waals surface area contributed by atoms with E-state index in [1.807, 2.05) is 0 Å². The van der Waals surface area contributed by atoms with Crippen LogP contribution >= 0.6 is 11.8 Å². The SMILES string of the molecule is CCN(C(C)C)C1(CN)CSCCC1(C)C. The molecule has 0 spiro atoms. The van der Waals surface area contributed by atoms with Crippen LogP contribution in [-0.2, 0) is 0 Å². The molecule has 3 heteroatoms. The number of thioether (sulfide) groups is 1. The van der Waals surface area contributed by atoms with Crippen LogP contribution in [0.5, 0.6) is 0 Å². The van der Waals surface area contributed by atoms with Crippen LogP contribution in [0.15, 0.2) is 0 Å². The molecule has 0 aliphatic carbocycles. The van der Waals surface area contributed by atoms with Gasteiger partial charge in [0.2, 0.25) is 0 Å². The van der Waals surface area contributed by atoms with E-state index in [9.17, 15) is 0 Å². The molecule has 0 aromatic heterocycles. The van der Waals surface area contributed by atoms with Crippen molar-refractivity contribution in [2.24, 2.45) is 11.1 Å². The molecule has 1 saturated heterocycles. The molecule has 0 amide bonds. The summed E-state index contributed by atoms with van der Waals surface area (Å²) in [4.78, 5) is 2.61. The fourth-order valence-electron chi connectivity index (χ4n) is 3.08. The quantitative estimate of drug-likeness (QED) is 0.824. The van der Waals surface area contributed by atoms with Crippen molar-refractivity contribution in [2.45, 2.75) is 52.6 Å². The summed E-state index contributed by atoms with van der Waals surface area (Å²) in [6, 6.07) is 0.575. The van der Waals surface area contributed by atoms with Gasteiger partial charge in [-0.25, -0.2) is 0 Å². The maximum absolute atomic E-state index is 6.17. The lowest BCUT2D eigenvalue weighted by atomic mass is 9.69. The second-order valence-electron chi connectivity index (χ2n) is 5.80. The van der Waals surface area contributed by atoms with Crippen LogP contribution in [0.4, 0.5) is 0 Å². The van der Waals surface area contributed by atoms with Gasteiger partial charge in [-0.3, -0.25) is 4.90 Å². The predicted molar refractivity (Wildman–Crippen MR) is 75.0 cm³/mol. The van der Waals surface area contributed by atoms with Crippen molar-refractivity contribution in [3.63, 3.8) is 0 Å². The van der Waals surface area contributed by atoms with Crippen molar-refractivity contribution in [1.82, 2.24) is 4.90 Å². The molecule has 1 heterocycles. The lowest BCUT2D eigenvalue weighted by Crippen LogP contribution is -2.67. The minimum atomic E-state index is 0.179. The molecule has 1 fully saturated rings. The molecule has 1 rings (SSSR count). The fourth-order valence-corrected chi connectivity index (χ4v) is 4.89. The van der Waals surface area contributed by atoms with Crippen LogP contribution in [0.1, 0.15) is 41.0 Å². The number of rotatable bonds is 4. The number of nitrogens with two attached hydrogens (primary N) is 1. The van der Waals surface area contributed by atoms with E-state index in [1.54, 1.807) is 0 Å². The van der Waals surface area contributed by atoms with Crippen LogP contribution in [0.25, 0.3) is 0 Å². The lowest BCUT2D eigenvalue weighted by Gasteiger charge is -2.57.